The van der Waals surface area contributed by atoms with Crippen LogP contribution >= 0.6 is 0 Å². The zero-order valence-corrected chi connectivity index (χ0v) is 14.4. The maximum Gasteiger partial charge on any atom is 0.339 e. The lowest BCUT2D eigenvalue weighted by Gasteiger charge is -2.26. The molecule has 26 heavy (non-hydrogen) atoms. The van der Waals surface area contributed by atoms with Crippen molar-refractivity contribution in [1.29, 1.82) is 0 Å². The number of carbonyl (C=O) groups is 3. The molecule has 3 rings (SSSR count). The van der Waals surface area contributed by atoms with E-state index in [1.54, 1.807) is 24.3 Å². The number of anilines is 1. The van der Waals surface area contributed by atoms with Gasteiger partial charge in [-0.3, -0.25) is 14.3 Å². The summed E-state index contributed by atoms with van der Waals surface area (Å²) < 4.78 is 1.22. The number of rotatable bonds is 4. The lowest BCUT2D eigenvalue weighted by Crippen LogP contribution is -2.35. The zero-order valence-electron chi connectivity index (χ0n) is 14.4. The molecule has 8 heteroatoms. The number of amides is 2. The Hall–Kier alpha value is -3.16. The standard InChI is InChI=1S/C18H20N4O4/c1-21-15(14(11-19-21)18(25)26)16(23)20-13-7-5-12(6-8-13)17(24)22-9-3-2-4-10-22/h5-8,11H,2-4,9-10H2,1H3,(H,20,23)(H,25,26). The first-order valence-electron chi connectivity index (χ1n) is 8.43. The minimum absolute atomic E-state index is 0.0117. The minimum Gasteiger partial charge on any atom is -0.478 e. The number of hydrogen-bond acceptors (Lipinski definition) is 4. The van der Waals surface area contributed by atoms with Crippen molar-refractivity contribution < 1.29 is 19.5 Å². The number of nitrogens with zero attached hydrogens (tertiary/aromatic N) is 3. The minimum atomic E-state index is -1.22. The monoisotopic (exact) mass is 356 g/mol. The highest BCUT2D eigenvalue weighted by Crippen LogP contribution is 2.17. The SMILES string of the molecule is Cn1ncc(C(=O)O)c1C(=O)Nc1ccc(C(=O)N2CCCCC2)cc1. The Morgan fingerprint density at radius 1 is 1.08 bits per heavy atom. The third-order valence-corrected chi connectivity index (χ3v) is 4.42. The Morgan fingerprint density at radius 2 is 1.73 bits per heavy atom. The first kappa shape index (κ1) is 17.7. The summed E-state index contributed by atoms with van der Waals surface area (Å²) in [6.45, 7) is 1.55. The van der Waals surface area contributed by atoms with Crippen LogP contribution in [0.1, 0.15) is 50.5 Å². The van der Waals surface area contributed by atoms with Gasteiger partial charge in [0.05, 0.1) is 6.20 Å². The predicted molar refractivity (Wildman–Crippen MR) is 94.3 cm³/mol. The van der Waals surface area contributed by atoms with Gasteiger partial charge in [-0.25, -0.2) is 4.79 Å². The van der Waals surface area contributed by atoms with Gasteiger partial charge in [-0.2, -0.15) is 5.10 Å². The van der Waals surface area contributed by atoms with Gasteiger partial charge in [0.15, 0.2) is 0 Å². The Bertz CT molecular complexity index is 835. The molecule has 1 aliphatic rings. The van der Waals surface area contributed by atoms with E-state index in [1.165, 1.54) is 11.7 Å². The molecule has 1 fully saturated rings. The number of carboxylic acids is 1. The molecule has 0 bridgehead atoms. The summed E-state index contributed by atoms with van der Waals surface area (Å²) in [5.74, 6) is -1.80. The van der Waals surface area contributed by atoms with E-state index in [0.29, 0.717) is 11.3 Å². The second-order valence-corrected chi connectivity index (χ2v) is 6.22. The highest BCUT2D eigenvalue weighted by molar-refractivity contribution is 6.09. The number of benzene rings is 1. The normalized spacial score (nSPS) is 14.1. The maximum absolute atomic E-state index is 12.4. The third-order valence-electron chi connectivity index (χ3n) is 4.42. The Kier molecular flexibility index (Phi) is 5.01. The van der Waals surface area contributed by atoms with E-state index >= 15 is 0 Å². The summed E-state index contributed by atoms with van der Waals surface area (Å²) in [5, 5.41) is 15.6. The molecular formula is C18H20N4O4. The first-order valence-corrected chi connectivity index (χ1v) is 8.43. The molecule has 1 aromatic carbocycles. The quantitative estimate of drug-likeness (QED) is 0.872. The zero-order chi connectivity index (χ0) is 18.7. The number of likely N-dealkylation sites (tertiary alicyclic amines) is 1. The van der Waals surface area contributed by atoms with Crippen molar-refractivity contribution in [2.24, 2.45) is 7.05 Å². The Morgan fingerprint density at radius 3 is 2.35 bits per heavy atom. The molecule has 0 unspecified atom stereocenters. The highest BCUT2D eigenvalue weighted by Gasteiger charge is 2.22. The fourth-order valence-corrected chi connectivity index (χ4v) is 3.03. The van der Waals surface area contributed by atoms with Crippen LogP contribution in [0, 0.1) is 0 Å². The molecule has 1 aliphatic heterocycles. The lowest BCUT2D eigenvalue weighted by molar-refractivity contribution is 0.0690. The molecule has 0 aliphatic carbocycles. The molecule has 0 spiro atoms. The average molecular weight is 356 g/mol. The molecular weight excluding hydrogens is 336 g/mol. The average Bonchev–Trinajstić information content (AvgIpc) is 3.04. The lowest BCUT2D eigenvalue weighted by atomic mass is 10.1. The van der Waals surface area contributed by atoms with Gasteiger partial charge in [0.1, 0.15) is 11.3 Å². The molecule has 2 heterocycles. The number of nitrogens with one attached hydrogen (secondary N) is 1. The van der Waals surface area contributed by atoms with Crippen molar-refractivity contribution in [3.63, 3.8) is 0 Å². The highest BCUT2D eigenvalue weighted by atomic mass is 16.4. The van der Waals surface area contributed by atoms with Crippen molar-refractivity contribution >= 4 is 23.5 Å². The van der Waals surface area contributed by atoms with Crippen LogP contribution in [0.4, 0.5) is 5.69 Å². The number of aromatic carboxylic acids is 1. The van der Waals surface area contributed by atoms with Gasteiger partial charge in [-0.1, -0.05) is 0 Å². The van der Waals surface area contributed by atoms with Gasteiger partial charge in [-0.15, -0.1) is 0 Å². The second-order valence-electron chi connectivity index (χ2n) is 6.22. The van der Waals surface area contributed by atoms with Crippen LogP contribution in [0.15, 0.2) is 30.5 Å². The van der Waals surface area contributed by atoms with E-state index in [0.717, 1.165) is 38.5 Å². The van der Waals surface area contributed by atoms with Crippen molar-refractivity contribution in [2.45, 2.75) is 19.3 Å². The third kappa shape index (κ3) is 3.58. The van der Waals surface area contributed by atoms with Gasteiger partial charge < -0.3 is 15.3 Å². The van der Waals surface area contributed by atoms with Gasteiger partial charge >= 0.3 is 5.97 Å². The molecule has 2 amide bonds. The van der Waals surface area contributed by atoms with Crippen LogP contribution in [-0.4, -0.2) is 50.7 Å². The predicted octanol–water partition coefficient (Wildman–Crippen LogP) is 2.00. The molecule has 2 aromatic rings. The van der Waals surface area contributed by atoms with E-state index in [2.05, 4.69) is 10.4 Å². The van der Waals surface area contributed by atoms with Crippen LogP contribution in [-0.2, 0) is 7.05 Å². The van der Waals surface area contributed by atoms with Crippen molar-refractivity contribution in [2.75, 3.05) is 18.4 Å². The van der Waals surface area contributed by atoms with E-state index in [-0.39, 0.29) is 17.2 Å². The number of aromatic nitrogens is 2. The summed E-state index contributed by atoms with van der Waals surface area (Å²) in [5.41, 5.74) is 0.840. The number of hydrogen-bond donors (Lipinski definition) is 2. The molecule has 0 atom stereocenters. The van der Waals surface area contributed by atoms with Crippen molar-refractivity contribution in [1.82, 2.24) is 14.7 Å². The number of carbonyl (C=O) groups excluding carboxylic acids is 2. The Balaban J connectivity index is 1.71. The van der Waals surface area contributed by atoms with Gasteiger partial charge in [0, 0.05) is 31.4 Å². The molecule has 8 nitrogen and oxygen atoms in total. The van der Waals surface area contributed by atoms with Crippen LogP contribution < -0.4 is 5.32 Å². The largest absolute Gasteiger partial charge is 0.478 e. The van der Waals surface area contributed by atoms with Crippen LogP contribution in [0.5, 0.6) is 0 Å². The number of aryl methyl sites for hydroxylation is 1. The topological polar surface area (TPSA) is 105 Å². The summed E-state index contributed by atoms with van der Waals surface area (Å²) in [6.07, 6.45) is 4.34. The molecule has 0 radical (unpaired) electrons. The summed E-state index contributed by atoms with van der Waals surface area (Å²) >= 11 is 0. The van der Waals surface area contributed by atoms with E-state index in [9.17, 15) is 14.4 Å². The van der Waals surface area contributed by atoms with Crippen LogP contribution in [0.2, 0.25) is 0 Å². The van der Waals surface area contributed by atoms with Crippen molar-refractivity contribution in [3.05, 3.63) is 47.3 Å². The van der Waals surface area contributed by atoms with Crippen LogP contribution in [0.3, 0.4) is 0 Å². The molecule has 136 valence electrons. The summed E-state index contributed by atoms with van der Waals surface area (Å²) in [4.78, 5) is 37.8. The van der Waals surface area contributed by atoms with Crippen LogP contribution in [0.25, 0.3) is 0 Å². The molecule has 0 saturated carbocycles. The maximum atomic E-state index is 12.4. The molecule has 2 N–H and O–H groups in total. The second kappa shape index (κ2) is 7.38. The summed E-state index contributed by atoms with van der Waals surface area (Å²) in [7, 11) is 1.50. The fourth-order valence-electron chi connectivity index (χ4n) is 3.03. The number of carboxylic acid groups (broad SMARTS) is 1. The van der Waals surface area contributed by atoms with E-state index in [1.807, 2.05) is 4.90 Å². The Labute approximate surface area is 150 Å². The van der Waals surface area contributed by atoms with Gasteiger partial charge in [-0.05, 0) is 43.5 Å². The van der Waals surface area contributed by atoms with Gasteiger partial charge in [0.25, 0.3) is 11.8 Å². The van der Waals surface area contributed by atoms with Crippen molar-refractivity contribution in [3.8, 4) is 0 Å². The smallest absolute Gasteiger partial charge is 0.339 e. The molecule has 1 saturated heterocycles. The van der Waals surface area contributed by atoms with E-state index < -0.39 is 11.9 Å². The number of piperidine rings is 1. The molecule has 1 aromatic heterocycles. The fraction of sp³-hybridized carbons (Fsp3) is 0.333. The first-order chi connectivity index (χ1) is 12.5. The van der Waals surface area contributed by atoms with E-state index in [4.69, 9.17) is 5.11 Å². The summed E-state index contributed by atoms with van der Waals surface area (Å²) in [6, 6.07) is 6.58. The van der Waals surface area contributed by atoms with Gasteiger partial charge in [0.2, 0.25) is 0 Å².